The van der Waals surface area contributed by atoms with Crippen molar-refractivity contribution in [3.63, 3.8) is 0 Å². The van der Waals surface area contributed by atoms with E-state index in [1.54, 1.807) is 6.20 Å². The molecule has 0 radical (unpaired) electrons. The molecule has 4 heteroatoms. The minimum Gasteiger partial charge on any atom is -0.357 e. The first kappa shape index (κ1) is 13.2. The first-order valence-electron chi connectivity index (χ1n) is 7.15. The van der Waals surface area contributed by atoms with E-state index in [0.717, 1.165) is 17.2 Å². The lowest BCUT2D eigenvalue weighted by Crippen LogP contribution is -2.23. The zero-order valence-corrected chi connectivity index (χ0v) is 12.5. The van der Waals surface area contributed by atoms with Crippen molar-refractivity contribution in [2.75, 3.05) is 10.2 Å². The molecule has 1 aromatic heterocycles. The van der Waals surface area contributed by atoms with Crippen LogP contribution in [0.4, 0.5) is 17.2 Å². The van der Waals surface area contributed by atoms with Crippen LogP contribution in [0.25, 0.3) is 0 Å². The van der Waals surface area contributed by atoms with E-state index >= 15 is 0 Å². The molecule has 3 nitrogen and oxygen atoms in total. The standard InChI is InChI=1S/C18H14ClN3/c19-15-11-12-20-18-16(15)21-17(13-7-3-1-4-8-13)22(18)14-9-5-2-6-10-14/h1-12,17,21H. The Bertz CT molecular complexity index is 790. The Kier molecular flexibility index (Phi) is 3.20. The van der Waals surface area contributed by atoms with Crippen molar-refractivity contribution in [2.45, 2.75) is 6.17 Å². The average Bonchev–Trinajstić information content (AvgIpc) is 2.97. The number of hydrogen-bond acceptors (Lipinski definition) is 3. The fourth-order valence-corrected chi connectivity index (χ4v) is 2.99. The van der Waals surface area contributed by atoms with Gasteiger partial charge in [-0.1, -0.05) is 60.1 Å². The molecule has 0 saturated heterocycles. The van der Waals surface area contributed by atoms with Crippen LogP contribution in [-0.4, -0.2) is 4.98 Å². The second-order valence-electron chi connectivity index (χ2n) is 5.15. The number of rotatable bonds is 2. The SMILES string of the molecule is Clc1ccnc2c1NC(c1ccccc1)N2c1ccccc1. The number of halogens is 1. The van der Waals surface area contributed by atoms with Crippen LogP contribution in [-0.2, 0) is 0 Å². The summed E-state index contributed by atoms with van der Waals surface area (Å²) in [7, 11) is 0. The van der Waals surface area contributed by atoms with Gasteiger partial charge in [-0.15, -0.1) is 0 Å². The molecule has 2 aromatic carbocycles. The van der Waals surface area contributed by atoms with Crippen LogP contribution in [0.3, 0.4) is 0 Å². The van der Waals surface area contributed by atoms with Gasteiger partial charge >= 0.3 is 0 Å². The summed E-state index contributed by atoms with van der Waals surface area (Å²) in [5.74, 6) is 0.854. The van der Waals surface area contributed by atoms with Crippen LogP contribution in [0.5, 0.6) is 0 Å². The lowest BCUT2D eigenvalue weighted by molar-refractivity contribution is 0.820. The van der Waals surface area contributed by atoms with Gasteiger partial charge in [0.2, 0.25) is 0 Å². The predicted octanol–water partition coefficient (Wildman–Crippen LogP) is 5.00. The van der Waals surface area contributed by atoms with E-state index in [1.807, 2.05) is 42.5 Å². The van der Waals surface area contributed by atoms with Gasteiger partial charge in [-0.2, -0.15) is 0 Å². The molecular weight excluding hydrogens is 294 g/mol. The fourth-order valence-electron chi connectivity index (χ4n) is 2.80. The van der Waals surface area contributed by atoms with Gasteiger partial charge in [0.25, 0.3) is 0 Å². The highest BCUT2D eigenvalue weighted by molar-refractivity contribution is 6.34. The number of para-hydroxylation sites is 1. The zero-order valence-electron chi connectivity index (χ0n) is 11.8. The van der Waals surface area contributed by atoms with Crippen LogP contribution in [0.2, 0.25) is 5.02 Å². The molecule has 2 heterocycles. The molecule has 3 aromatic rings. The largest absolute Gasteiger partial charge is 0.357 e. The third kappa shape index (κ3) is 2.11. The number of benzene rings is 2. The molecule has 1 unspecified atom stereocenters. The minimum absolute atomic E-state index is 0.0222. The van der Waals surface area contributed by atoms with Gasteiger partial charge in [0.15, 0.2) is 5.82 Å². The van der Waals surface area contributed by atoms with Crippen molar-refractivity contribution >= 4 is 28.8 Å². The summed E-state index contributed by atoms with van der Waals surface area (Å²) < 4.78 is 0. The first-order chi connectivity index (χ1) is 10.8. The van der Waals surface area contributed by atoms with Gasteiger partial charge < -0.3 is 5.32 Å². The Morgan fingerprint density at radius 2 is 1.59 bits per heavy atom. The van der Waals surface area contributed by atoms with E-state index < -0.39 is 0 Å². The van der Waals surface area contributed by atoms with Crippen LogP contribution in [0.1, 0.15) is 11.7 Å². The van der Waals surface area contributed by atoms with Gasteiger partial charge in [-0.3, -0.25) is 4.90 Å². The number of anilines is 3. The second kappa shape index (κ2) is 5.35. The van der Waals surface area contributed by atoms with Gasteiger partial charge in [0.05, 0.1) is 10.7 Å². The van der Waals surface area contributed by atoms with Crippen LogP contribution < -0.4 is 10.2 Å². The summed E-state index contributed by atoms with van der Waals surface area (Å²) in [6.45, 7) is 0. The van der Waals surface area contributed by atoms with Crippen LogP contribution in [0.15, 0.2) is 72.9 Å². The number of nitrogens with one attached hydrogen (secondary N) is 1. The van der Waals surface area contributed by atoms with Crippen LogP contribution >= 0.6 is 11.6 Å². The van der Waals surface area contributed by atoms with E-state index in [2.05, 4.69) is 39.5 Å². The smallest absolute Gasteiger partial charge is 0.160 e. The summed E-state index contributed by atoms with van der Waals surface area (Å²) in [6, 6.07) is 22.3. The fraction of sp³-hybridized carbons (Fsp3) is 0.0556. The summed E-state index contributed by atoms with van der Waals surface area (Å²) in [5, 5.41) is 4.18. The third-order valence-electron chi connectivity index (χ3n) is 3.80. The number of hydrogen-bond donors (Lipinski definition) is 1. The summed E-state index contributed by atoms with van der Waals surface area (Å²) in [6.07, 6.45) is 1.72. The van der Waals surface area contributed by atoms with Gasteiger partial charge in [-0.05, 0) is 23.8 Å². The Hall–Kier alpha value is -2.52. The Labute approximate surface area is 134 Å². The van der Waals surface area contributed by atoms with Gasteiger partial charge in [0, 0.05) is 11.9 Å². The minimum atomic E-state index is -0.0222. The molecule has 0 amide bonds. The van der Waals surface area contributed by atoms with Crippen molar-refractivity contribution in [2.24, 2.45) is 0 Å². The Morgan fingerprint density at radius 3 is 2.32 bits per heavy atom. The van der Waals surface area contributed by atoms with E-state index in [0.29, 0.717) is 5.02 Å². The summed E-state index contributed by atoms with van der Waals surface area (Å²) in [5.41, 5.74) is 3.12. The van der Waals surface area contributed by atoms with E-state index in [9.17, 15) is 0 Å². The molecule has 4 rings (SSSR count). The second-order valence-corrected chi connectivity index (χ2v) is 5.56. The molecule has 0 spiro atoms. The maximum absolute atomic E-state index is 6.35. The van der Waals surface area contributed by atoms with E-state index in [-0.39, 0.29) is 6.17 Å². The maximum Gasteiger partial charge on any atom is 0.160 e. The quantitative estimate of drug-likeness (QED) is 0.722. The third-order valence-corrected chi connectivity index (χ3v) is 4.11. The molecule has 0 fully saturated rings. The molecule has 0 saturated carbocycles. The van der Waals surface area contributed by atoms with Crippen molar-refractivity contribution in [1.82, 2.24) is 4.98 Å². The number of nitrogens with zero attached hydrogens (tertiary/aromatic N) is 2. The van der Waals surface area contributed by atoms with Crippen molar-refractivity contribution in [3.8, 4) is 0 Å². The molecular formula is C18H14ClN3. The van der Waals surface area contributed by atoms with Gasteiger partial charge in [-0.25, -0.2) is 4.98 Å². The highest BCUT2D eigenvalue weighted by atomic mass is 35.5. The van der Waals surface area contributed by atoms with Crippen LogP contribution in [0, 0.1) is 0 Å². The summed E-state index contributed by atoms with van der Waals surface area (Å²) >= 11 is 6.35. The Balaban J connectivity index is 1.88. The van der Waals surface area contributed by atoms with E-state index in [1.165, 1.54) is 5.56 Å². The number of fused-ring (bicyclic) bond motifs is 1. The highest BCUT2D eigenvalue weighted by Gasteiger charge is 2.33. The first-order valence-corrected chi connectivity index (χ1v) is 7.52. The predicted molar refractivity (Wildman–Crippen MR) is 90.6 cm³/mol. The number of aromatic nitrogens is 1. The molecule has 22 heavy (non-hydrogen) atoms. The molecule has 0 bridgehead atoms. The molecule has 0 aliphatic carbocycles. The molecule has 1 aliphatic heterocycles. The summed E-state index contributed by atoms with van der Waals surface area (Å²) in [4.78, 5) is 6.71. The lowest BCUT2D eigenvalue weighted by atomic mass is 10.1. The topological polar surface area (TPSA) is 28.2 Å². The van der Waals surface area contributed by atoms with Crippen molar-refractivity contribution < 1.29 is 0 Å². The normalized spacial score (nSPS) is 16.2. The molecule has 1 N–H and O–H groups in total. The highest BCUT2D eigenvalue weighted by Crippen LogP contribution is 2.47. The molecule has 108 valence electrons. The molecule has 1 aliphatic rings. The van der Waals surface area contributed by atoms with Gasteiger partial charge in [0.1, 0.15) is 6.17 Å². The Morgan fingerprint density at radius 1 is 0.909 bits per heavy atom. The maximum atomic E-state index is 6.35. The monoisotopic (exact) mass is 307 g/mol. The number of pyridine rings is 1. The molecule has 1 atom stereocenters. The lowest BCUT2D eigenvalue weighted by Gasteiger charge is -2.26. The zero-order chi connectivity index (χ0) is 14.9. The average molecular weight is 308 g/mol. The van der Waals surface area contributed by atoms with Crippen molar-refractivity contribution in [3.05, 3.63) is 83.5 Å². The van der Waals surface area contributed by atoms with Crippen molar-refractivity contribution in [1.29, 1.82) is 0 Å². The van der Waals surface area contributed by atoms with E-state index in [4.69, 9.17) is 11.6 Å².